The number of hydrogen-bond donors (Lipinski definition) is 0. The summed E-state index contributed by atoms with van der Waals surface area (Å²) in [5.74, 6) is 0. The molecule has 0 aliphatic heterocycles. The van der Waals surface area contributed by atoms with Crippen molar-refractivity contribution in [2.45, 2.75) is 51.3 Å². The van der Waals surface area contributed by atoms with Crippen LogP contribution in [0.5, 0.6) is 0 Å². The first-order valence-electron chi connectivity index (χ1n) is 11.2. The predicted molar refractivity (Wildman–Crippen MR) is 138 cm³/mol. The van der Waals surface area contributed by atoms with Crippen molar-refractivity contribution in [3.63, 3.8) is 0 Å². The van der Waals surface area contributed by atoms with Crippen LogP contribution in [-0.2, 0) is 9.84 Å². The molecule has 0 fully saturated rings. The molecule has 0 radical (unpaired) electrons. The van der Waals surface area contributed by atoms with Crippen LogP contribution >= 0.6 is 0 Å². The molecule has 0 aliphatic carbocycles. The minimum absolute atomic E-state index is 0.397. The van der Waals surface area contributed by atoms with E-state index in [0.717, 1.165) is 55.6 Å². The van der Waals surface area contributed by atoms with E-state index >= 15 is 0 Å². The standard InChI is InChI=1S/C30H30O2S/c1-19-7-13-25(14-8-19)27-17-11-21(3)23(5)29(27)33(31,32)30-24(6)22(4)12-18-28(30)26-15-9-20(2)10-16-26/h7-18H,1-6H3. The van der Waals surface area contributed by atoms with Crippen molar-refractivity contribution in [1.29, 1.82) is 0 Å². The Labute approximate surface area is 197 Å². The second-order valence-electron chi connectivity index (χ2n) is 9.00. The Morgan fingerprint density at radius 3 is 1.12 bits per heavy atom. The maximum atomic E-state index is 14.5. The van der Waals surface area contributed by atoms with Gasteiger partial charge in [0.1, 0.15) is 0 Å². The van der Waals surface area contributed by atoms with Crippen LogP contribution in [0.1, 0.15) is 33.4 Å². The lowest BCUT2D eigenvalue weighted by Crippen LogP contribution is -2.11. The Balaban J connectivity index is 2.06. The lowest BCUT2D eigenvalue weighted by molar-refractivity contribution is 0.595. The zero-order valence-electron chi connectivity index (χ0n) is 20.2. The number of benzene rings is 4. The minimum Gasteiger partial charge on any atom is -0.218 e. The highest BCUT2D eigenvalue weighted by atomic mass is 32.2. The van der Waals surface area contributed by atoms with Crippen LogP contribution in [0.4, 0.5) is 0 Å². The van der Waals surface area contributed by atoms with Gasteiger partial charge in [0.2, 0.25) is 9.84 Å². The molecule has 0 N–H and O–H groups in total. The Kier molecular flexibility index (Phi) is 6.02. The van der Waals surface area contributed by atoms with Gasteiger partial charge in [0.15, 0.2) is 0 Å². The minimum atomic E-state index is -3.82. The molecule has 2 nitrogen and oxygen atoms in total. The average molecular weight is 455 g/mol. The highest BCUT2D eigenvalue weighted by Gasteiger charge is 2.30. The van der Waals surface area contributed by atoms with Crippen LogP contribution in [0.15, 0.2) is 82.6 Å². The topological polar surface area (TPSA) is 34.1 Å². The van der Waals surface area contributed by atoms with E-state index in [9.17, 15) is 8.42 Å². The first-order valence-corrected chi connectivity index (χ1v) is 12.7. The van der Waals surface area contributed by atoms with Crippen LogP contribution in [0.3, 0.4) is 0 Å². The first-order chi connectivity index (χ1) is 15.6. The van der Waals surface area contributed by atoms with E-state index in [1.165, 1.54) is 0 Å². The first kappa shape index (κ1) is 23.0. The normalized spacial score (nSPS) is 11.6. The van der Waals surface area contributed by atoms with Gasteiger partial charge in [0, 0.05) is 11.1 Å². The van der Waals surface area contributed by atoms with E-state index in [4.69, 9.17) is 0 Å². The Bertz CT molecular complexity index is 1340. The van der Waals surface area contributed by atoms with Crippen LogP contribution < -0.4 is 0 Å². The third-order valence-corrected chi connectivity index (χ3v) is 8.74. The zero-order valence-corrected chi connectivity index (χ0v) is 21.0. The molecule has 0 saturated carbocycles. The van der Waals surface area contributed by atoms with Gasteiger partial charge in [-0.25, -0.2) is 8.42 Å². The van der Waals surface area contributed by atoms with Crippen molar-refractivity contribution in [2.24, 2.45) is 0 Å². The van der Waals surface area contributed by atoms with Gasteiger partial charge in [-0.3, -0.25) is 0 Å². The van der Waals surface area contributed by atoms with Gasteiger partial charge < -0.3 is 0 Å². The second kappa shape index (κ2) is 8.64. The predicted octanol–water partition coefficient (Wildman–Crippen LogP) is 7.70. The number of hydrogen-bond acceptors (Lipinski definition) is 2. The van der Waals surface area contributed by atoms with Gasteiger partial charge in [0.25, 0.3) is 0 Å². The fourth-order valence-corrected chi connectivity index (χ4v) is 6.58. The second-order valence-corrected chi connectivity index (χ2v) is 10.8. The van der Waals surface area contributed by atoms with Crippen LogP contribution in [0.2, 0.25) is 0 Å². The van der Waals surface area contributed by atoms with E-state index in [1.54, 1.807) is 0 Å². The molecule has 4 rings (SSSR count). The van der Waals surface area contributed by atoms with Crippen molar-refractivity contribution >= 4 is 9.84 Å². The van der Waals surface area contributed by atoms with Crippen LogP contribution in [-0.4, -0.2) is 8.42 Å². The summed E-state index contributed by atoms with van der Waals surface area (Å²) in [7, 11) is -3.82. The molecule has 168 valence electrons. The molecule has 0 aromatic heterocycles. The van der Waals surface area contributed by atoms with E-state index < -0.39 is 9.84 Å². The molecule has 0 heterocycles. The Hall–Kier alpha value is -3.17. The molecule has 0 amide bonds. The molecule has 0 spiro atoms. The fraction of sp³-hybridized carbons (Fsp3) is 0.200. The van der Waals surface area contributed by atoms with E-state index in [-0.39, 0.29) is 0 Å². The number of rotatable bonds is 4. The fourth-order valence-electron chi connectivity index (χ4n) is 4.30. The summed E-state index contributed by atoms with van der Waals surface area (Å²) < 4.78 is 29.0. The zero-order chi connectivity index (χ0) is 23.9. The van der Waals surface area contributed by atoms with Gasteiger partial charge >= 0.3 is 0 Å². The van der Waals surface area contributed by atoms with E-state index in [1.807, 2.05) is 114 Å². The van der Waals surface area contributed by atoms with E-state index in [0.29, 0.717) is 9.79 Å². The summed E-state index contributed by atoms with van der Waals surface area (Å²) in [6.07, 6.45) is 0. The summed E-state index contributed by atoms with van der Waals surface area (Å²) in [5, 5.41) is 0. The molecule has 0 atom stereocenters. The van der Waals surface area contributed by atoms with Crippen LogP contribution in [0, 0.1) is 41.5 Å². The quantitative estimate of drug-likeness (QED) is 0.316. The van der Waals surface area contributed by atoms with Gasteiger partial charge in [-0.05, 0) is 74.9 Å². The van der Waals surface area contributed by atoms with Crippen molar-refractivity contribution in [2.75, 3.05) is 0 Å². The molecule has 0 saturated heterocycles. The summed E-state index contributed by atoms with van der Waals surface area (Å²) in [6.45, 7) is 11.8. The summed E-state index contributed by atoms with van der Waals surface area (Å²) in [4.78, 5) is 0.793. The van der Waals surface area contributed by atoms with Gasteiger partial charge in [-0.1, -0.05) is 83.9 Å². The smallest absolute Gasteiger partial charge is 0.208 e. The SMILES string of the molecule is Cc1ccc(-c2ccc(C)c(C)c2S(=O)(=O)c2c(-c3ccc(C)cc3)ccc(C)c2C)cc1. The Morgan fingerprint density at radius 2 is 0.788 bits per heavy atom. The maximum absolute atomic E-state index is 14.5. The molecule has 3 heteroatoms. The summed E-state index contributed by atoms with van der Waals surface area (Å²) in [6, 6.07) is 24.0. The van der Waals surface area contributed by atoms with Crippen molar-refractivity contribution in [1.82, 2.24) is 0 Å². The molecule has 0 bridgehead atoms. The van der Waals surface area contributed by atoms with E-state index in [2.05, 4.69) is 0 Å². The molecular weight excluding hydrogens is 424 g/mol. The monoisotopic (exact) mass is 454 g/mol. The highest BCUT2D eigenvalue weighted by Crippen LogP contribution is 2.41. The summed E-state index contributed by atoms with van der Waals surface area (Å²) in [5.41, 5.74) is 9.11. The van der Waals surface area contributed by atoms with Crippen molar-refractivity contribution < 1.29 is 8.42 Å². The van der Waals surface area contributed by atoms with Crippen LogP contribution in [0.25, 0.3) is 22.3 Å². The molecule has 4 aromatic rings. The molecule has 0 unspecified atom stereocenters. The third-order valence-electron chi connectivity index (χ3n) is 6.62. The molecular formula is C30H30O2S. The maximum Gasteiger partial charge on any atom is 0.208 e. The average Bonchev–Trinajstić information content (AvgIpc) is 2.78. The van der Waals surface area contributed by atoms with Gasteiger partial charge in [-0.15, -0.1) is 0 Å². The largest absolute Gasteiger partial charge is 0.218 e. The van der Waals surface area contributed by atoms with Gasteiger partial charge in [-0.2, -0.15) is 0 Å². The lowest BCUT2D eigenvalue weighted by atomic mass is 9.99. The number of sulfone groups is 1. The molecule has 0 aliphatic rings. The number of aryl methyl sites for hydroxylation is 4. The lowest BCUT2D eigenvalue weighted by Gasteiger charge is -2.20. The highest BCUT2D eigenvalue weighted by molar-refractivity contribution is 7.92. The summed E-state index contributed by atoms with van der Waals surface area (Å²) >= 11 is 0. The third kappa shape index (κ3) is 4.14. The van der Waals surface area contributed by atoms with Crippen molar-refractivity contribution in [3.05, 3.63) is 106 Å². The Morgan fingerprint density at radius 1 is 0.455 bits per heavy atom. The van der Waals surface area contributed by atoms with Crippen molar-refractivity contribution in [3.8, 4) is 22.3 Å². The molecule has 33 heavy (non-hydrogen) atoms. The molecule has 4 aromatic carbocycles. The van der Waals surface area contributed by atoms with Gasteiger partial charge in [0.05, 0.1) is 9.79 Å².